The first-order valence-electron chi connectivity index (χ1n) is 3.41. The van der Waals surface area contributed by atoms with E-state index in [1.165, 1.54) is 23.1 Å². The second-order valence-corrected chi connectivity index (χ2v) is 4.80. The second-order valence-electron chi connectivity index (χ2n) is 2.35. The monoisotopic (exact) mass is 203 g/mol. The van der Waals surface area contributed by atoms with Gasteiger partial charge >= 0.3 is 5.97 Å². The lowest BCUT2D eigenvalue weighted by Gasteiger charge is -2.00. The van der Waals surface area contributed by atoms with Gasteiger partial charge in [0, 0.05) is 11.1 Å². The van der Waals surface area contributed by atoms with Crippen molar-refractivity contribution in [2.24, 2.45) is 0 Å². The molecule has 66 valence electrons. The van der Waals surface area contributed by atoms with Crippen LogP contribution in [0.4, 0.5) is 0 Å². The van der Waals surface area contributed by atoms with Crippen LogP contribution in [0.15, 0.2) is 9.72 Å². The summed E-state index contributed by atoms with van der Waals surface area (Å²) in [7, 11) is 0. The molecule has 1 aromatic rings. The zero-order valence-electron chi connectivity index (χ0n) is 6.77. The van der Waals surface area contributed by atoms with Gasteiger partial charge in [-0.1, -0.05) is 11.8 Å². The van der Waals surface area contributed by atoms with Gasteiger partial charge < -0.3 is 5.11 Å². The zero-order valence-corrected chi connectivity index (χ0v) is 8.41. The molecule has 0 radical (unpaired) electrons. The van der Waals surface area contributed by atoms with Gasteiger partial charge in [0.1, 0.15) is 5.25 Å². The van der Waals surface area contributed by atoms with Crippen molar-refractivity contribution in [2.45, 2.75) is 23.4 Å². The van der Waals surface area contributed by atoms with E-state index < -0.39 is 11.2 Å². The molecule has 0 aliphatic heterocycles. The predicted octanol–water partition coefficient (Wildman–Crippen LogP) is 2.02. The van der Waals surface area contributed by atoms with Gasteiger partial charge in [0.15, 0.2) is 4.34 Å². The van der Waals surface area contributed by atoms with Gasteiger partial charge in [-0.2, -0.15) is 0 Å². The van der Waals surface area contributed by atoms with Gasteiger partial charge in [-0.25, -0.2) is 4.98 Å². The molecule has 1 heterocycles. The number of carbonyl (C=O) groups is 1. The van der Waals surface area contributed by atoms with Gasteiger partial charge in [0.25, 0.3) is 0 Å². The minimum atomic E-state index is -0.798. The van der Waals surface area contributed by atoms with Gasteiger partial charge in [0.2, 0.25) is 0 Å². The quantitative estimate of drug-likeness (QED) is 0.763. The number of hydrogen-bond acceptors (Lipinski definition) is 4. The molecule has 0 saturated carbocycles. The Hall–Kier alpha value is -0.550. The highest BCUT2D eigenvalue weighted by Crippen LogP contribution is 2.26. The molecule has 0 spiro atoms. The fourth-order valence-electron chi connectivity index (χ4n) is 0.588. The summed E-state index contributed by atoms with van der Waals surface area (Å²) < 4.78 is 0.822. The number of aliphatic carboxylic acids is 1. The number of rotatable bonds is 3. The minimum absolute atomic E-state index is 0.421. The van der Waals surface area contributed by atoms with Crippen LogP contribution in [0, 0.1) is 6.92 Å². The summed E-state index contributed by atoms with van der Waals surface area (Å²) in [5, 5.41) is 10.1. The Morgan fingerprint density at radius 2 is 2.50 bits per heavy atom. The molecule has 0 aromatic carbocycles. The first-order chi connectivity index (χ1) is 5.59. The standard InChI is InChI=1S/C7H9NO2S2/c1-4-3-11-7(8-4)12-5(2)6(9)10/h3,5H,1-2H3,(H,9,10)/t5-/m1/s1. The van der Waals surface area contributed by atoms with Crippen molar-refractivity contribution >= 4 is 29.1 Å². The lowest BCUT2D eigenvalue weighted by Crippen LogP contribution is -2.10. The van der Waals surface area contributed by atoms with E-state index in [4.69, 9.17) is 5.11 Å². The van der Waals surface area contributed by atoms with E-state index in [1.54, 1.807) is 6.92 Å². The minimum Gasteiger partial charge on any atom is -0.480 e. The maximum Gasteiger partial charge on any atom is 0.316 e. The van der Waals surface area contributed by atoms with Crippen LogP contribution in [0.1, 0.15) is 12.6 Å². The number of hydrogen-bond donors (Lipinski definition) is 1. The summed E-state index contributed by atoms with van der Waals surface area (Å²) in [4.78, 5) is 14.6. The van der Waals surface area contributed by atoms with Gasteiger partial charge in [0.05, 0.1) is 0 Å². The Morgan fingerprint density at radius 1 is 1.83 bits per heavy atom. The van der Waals surface area contributed by atoms with Crippen LogP contribution in [0.3, 0.4) is 0 Å². The van der Waals surface area contributed by atoms with E-state index >= 15 is 0 Å². The molecule has 3 nitrogen and oxygen atoms in total. The van der Waals surface area contributed by atoms with Crippen LogP contribution in [-0.2, 0) is 4.79 Å². The average Bonchev–Trinajstić information content (AvgIpc) is 2.35. The van der Waals surface area contributed by atoms with Crippen LogP contribution in [0.5, 0.6) is 0 Å². The Kier molecular flexibility index (Phi) is 3.11. The summed E-state index contributed by atoms with van der Waals surface area (Å²) in [6, 6.07) is 0. The summed E-state index contributed by atoms with van der Waals surface area (Å²) in [6.45, 7) is 3.55. The highest BCUT2D eigenvalue weighted by atomic mass is 32.2. The Morgan fingerprint density at radius 3 is 2.92 bits per heavy atom. The lowest BCUT2D eigenvalue weighted by atomic mass is 10.5. The van der Waals surface area contributed by atoms with E-state index in [0.29, 0.717) is 0 Å². The zero-order chi connectivity index (χ0) is 9.14. The van der Waals surface area contributed by atoms with Crippen LogP contribution in [-0.4, -0.2) is 21.3 Å². The SMILES string of the molecule is Cc1csc(S[C@H](C)C(=O)O)n1. The van der Waals surface area contributed by atoms with Crippen LogP contribution in [0.2, 0.25) is 0 Å². The van der Waals surface area contributed by atoms with Gasteiger partial charge in [-0.15, -0.1) is 11.3 Å². The molecule has 0 aliphatic rings. The van der Waals surface area contributed by atoms with Crippen molar-refractivity contribution < 1.29 is 9.90 Å². The number of aryl methyl sites for hydroxylation is 1. The van der Waals surface area contributed by atoms with Crippen molar-refractivity contribution in [1.82, 2.24) is 4.98 Å². The molecule has 0 fully saturated rings. The molecule has 12 heavy (non-hydrogen) atoms. The Bertz CT molecular complexity index is 285. The second kappa shape index (κ2) is 3.91. The fourth-order valence-corrected chi connectivity index (χ4v) is 2.51. The summed E-state index contributed by atoms with van der Waals surface area (Å²) in [6.07, 6.45) is 0. The molecule has 1 atom stereocenters. The van der Waals surface area contributed by atoms with Crippen molar-refractivity contribution in [3.63, 3.8) is 0 Å². The third-order valence-electron chi connectivity index (χ3n) is 1.22. The highest BCUT2D eigenvalue weighted by molar-refractivity contribution is 8.02. The molecule has 0 amide bonds. The van der Waals surface area contributed by atoms with E-state index in [2.05, 4.69) is 4.98 Å². The number of carboxylic acids is 1. The van der Waals surface area contributed by atoms with Crippen LogP contribution < -0.4 is 0 Å². The molecule has 5 heteroatoms. The van der Waals surface area contributed by atoms with Crippen molar-refractivity contribution in [1.29, 1.82) is 0 Å². The number of nitrogens with zero attached hydrogens (tertiary/aromatic N) is 1. The molecule has 0 aliphatic carbocycles. The third kappa shape index (κ3) is 2.49. The molecule has 1 N–H and O–H groups in total. The summed E-state index contributed by atoms with van der Waals surface area (Å²) >= 11 is 2.76. The molecule has 1 rings (SSSR count). The van der Waals surface area contributed by atoms with Crippen LogP contribution in [0.25, 0.3) is 0 Å². The maximum atomic E-state index is 10.5. The Balaban J connectivity index is 2.58. The maximum absolute atomic E-state index is 10.5. The fraction of sp³-hybridized carbons (Fsp3) is 0.429. The number of carboxylic acid groups (broad SMARTS) is 1. The van der Waals surface area contributed by atoms with E-state index in [-0.39, 0.29) is 0 Å². The summed E-state index contributed by atoms with van der Waals surface area (Å²) in [5.74, 6) is -0.798. The first kappa shape index (κ1) is 9.54. The van der Waals surface area contributed by atoms with E-state index in [0.717, 1.165) is 10.0 Å². The first-order valence-corrected chi connectivity index (χ1v) is 5.17. The number of aromatic nitrogens is 1. The smallest absolute Gasteiger partial charge is 0.316 e. The normalized spacial score (nSPS) is 12.8. The topological polar surface area (TPSA) is 50.2 Å². The third-order valence-corrected chi connectivity index (χ3v) is 3.40. The van der Waals surface area contributed by atoms with E-state index in [9.17, 15) is 4.79 Å². The van der Waals surface area contributed by atoms with E-state index in [1.807, 2.05) is 12.3 Å². The molecule has 0 bridgehead atoms. The lowest BCUT2D eigenvalue weighted by molar-refractivity contribution is -0.136. The Labute approximate surface area is 78.8 Å². The predicted molar refractivity (Wildman–Crippen MR) is 49.8 cm³/mol. The van der Waals surface area contributed by atoms with Gasteiger partial charge in [-0.05, 0) is 13.8 Å². The molecular weight excluding hydrogens is 194 g/mol. The van der Waals surface area contributed by atoms with Crippen molar-refractivity contribution in [3.05, 3.63) is 11.1 Å². The highest BCUT2D eigenvalue weighted by Gasteiger charge is 2.13. The number of thiazole rings is 1. The van der Waals surface area contributed by atoms with Crippen molar-refractivity contribution in [3.8, 4) is 0 Å². The van der Waals surface area contributed by atoms with Crippen molar-refractivity contribution in [2.75, 3.05) is 0 Å². The van der Waals surface area contributed by atoms with Gasteiger partial charge in [-0.3, -0.25) is 4.79 Å². The molecule has 0 saturated heterocycles. The molecule has 0 unspecified atom stereocenters. The summed E-state index contributed by atoms with van der Waals surface area (Å²) in [5.41, 5.74) is 0.945. The average molecular weight is 203 g/mol. The van der Waals surface area contributed by atoms with Crippen LogP contribution >= 0.6 is 23.1 Å². The largest absolute Gasteiger partial charge is 0.480 e. The number of thioether (sulfide) groups is 1. The molecular formula is C7H9NO2S2. The molecule has 1 aromatic heterocycles.